The highest BCUT2D eigenvalue weighted by atomic mass is 16.2. The molecule has 0 aromatic heterocycles. The van der Waals surface area contributed by atoms with E-state index in [1.807, 2.05) is 73.7 Å². The normalized spacial score (nSPS) is 20.3. The molecule has 4 rings (SSSR count). The van der Waals surface area contributed by atoms with Gasteiger partial charge in [0.15, 0.2) is 5.78 Å². The molecule has 1 heterocycles. The number of rotatable bonds is 3. The average molecular weight is 357 g/mol. The fourth-order valence-corrected chi connectivity index (χ4v) is 4.08. The maximum atomic E-state index is 13.1. The quantitative estimate of drug-likeness (QED) is 0.769. The van der Waals surface area contributed by atoms with Gasteiger partial charge < -0.3 is 0 Å². The van der Waals surface area contributed by atoms with Crippen molar-refractivity contribution in [2.75, 3.05) is 4.90 Å². The molecule has 0 spiro atoms. The number of ketones is 1. The van der Waals surface area contributed by atoms with Crippen LogP contribution in [0.4, 0.5) is 5.69 Å². The molecule has 0 radical (unpaired) electrons. The fraction of sp³-hybridized carbons (Fsp3) is 0.250. The maximum Gasteiger partial charge on any atom is 0.232 e. The molecule has 2 aromatic carbocycles. The Kier molecular flexibility index (Phi) is 4.76. The van der Waals surface area contributed by atoms with Gasteiger partial charge in [-0.2, -0.15) is 0 Å². The third-order valence-electron chi connectivity index (χ3n) is 5.39. The minimum Gasteiger partial charge on any atom is -0.294 e. The summed E-state index contributed by atoms with van der Waals surface area (Å²) >= 11 is 0. The Bertz CT molecular complexity index is 940. The minimum absolute atomic E-state index is 0.0699. The first kappa shape index (κ1) is 17.5. The SMILES string of the molecule is Cc1ccccc1N1C(=O)CC(/C=C/c2ccccc2)C2=C1CCCC2=O. The molecule has 0 N–H and O–H groups in total. The second-order valence-electron chi connectivity index (χ2n) is 7.23. The molecule has 2 aliphatic rings. The van der Waals surface area contributed by atoms with Crippen LogP contribution < -0.4 is 4.90 Å². The van der Waals surface area contributed by atoms with Crippen LogP contribution in [-0.2, 0) is 9.59 Å². The lowest BCUT2D eigenvalue weighted by atomic mass is 9.80. The van der Waals surface area contributed by atoms with Crippen molar-refractivity contribution in [3.63, 3.8) is 0 Å². The van der Waals surface area contributed by atoms with E-state index >= 15 is 0 Å². The van der Waals surface area contributed by atoms with Gasteiger partial charge >= 0.3 is 0 Å². The van der Waals surface area contributed by atoms with E-state index in [1.54, 1.807) is 4.90 Å². The summed E-state index contributed by atoms with van der Waals surface area (Å²) in [6.45, 7) is 2.01. The number of Topliss-reactive ketones (excluding diaryl/α,β-unsaturated/α-hetero) is 1. The highest BCUT2D eigenvalue weighted by Crippen LogP contribution is 2.40. The zero-order valence-electron chi connectivity index (χ0n) is 15.5. The summed E-state index contributed by atoms with van der Waals surface area (Å²) in [5.41, 5.74) is 4.76. The van der Waals surface area contributed by atoms with Crippen molar-refractivity contribution in [2.24, 2.45) is 5.92 Å². The van der Waals surface area contributed by atoms with E-state index in [0.29, 0.717) is 12.8 Å². The molecule has 1 unspecified atom stereocenters. The Morgan fingerprint density at radius 3 is 2.48 bits per heavy atom. The van der Waals surface area contributed by atoms with Crippen LogP contribution in [0.25, 0.3) is 6.08 Å². The lowest BCUT2D eigenvalue weighted by Gasteiger charge is -2.38. The number of hydrogen-bond donors (Lipinski definition) is 0. The van der Waals surface area contributed by atoms with E-state index in [9.17, 15) is 9.59 Å². The zero-order valence-corrected chi connectivity index (χ0v) is 15.5. The Labute approximate surface area is 160 Å². The molecule has 1 atom stereocenters. The van der Waals surface area contributed by atoms with Gasteiger partial charge in [-0.15, -0.1) is 0 Å². The van der Waals surface area contributed by atoms with Gasteiger partial charge in [0.1, 0.15) is 0 Å². The largest absolute Gasteiger partial charge is 0.294 e. The molecule has 3 nitrogen and oxygen atoms in total. The highest BCUT2D eigenvalue weighted by molar-refractivity contribution is 6.07. The van der Waals surface area contributed by atoms with Gasteiger partial charge in [0.25, 0.3) is 0 Å². The van der Waals surface area contributed by atoms with Crippen LogP contribution in [0.3, 0.4) is 0 Å². The third-order valence-corrected chi connectivity index (χ3v) is 5.39. The van der Waals surface area contributed by atoms with Gasteiger partial charge in [0, 0.05) is 30.0 Å². The smallest absolute Gasteiger partial charge is 0.232 e. The summed E-state index contributed by atoms with van der Waals surface area (Å²) in [4.78, 5) is 27.7. The lowest BCUT2D eigenvalue weighted by Crippen LogP contribution is -2.41. The van der Waals surface area contributed by atoms with Gasteiger partial charge in [-0.25, -0.2) is 0 Å². The second kappa shape index (κ2) is 7.36. The first-order valence-corrected chi connectivity index (χ1v) is 9.53. The summed E-state index contributed by atoms with van der Waals surface area (Å²) in [5.74, 6) is 0.117. The van der Waals surface area contributed by atoms with Crippen molar-refractivity contribution in [2.45, 2.75) is 32.6 Å². The molecule has 1 aliphatic heterocycles. The molecule has 0 fully saturated rings. The Morgan fingerprint density at radius 1 is 0.963 bits per heavy atom. The Morgan fingerprint density at radius 2 is 1.70 bits per heavy atom. The molecule has 1 amide bonds. The number of carbonyl (C=O) groups excluding carboxylic acids is 2. The fourth-order valence-electron chi connectivity index (χ4n) is 4.08. The van der Waals surface area contributed by atoms with Gasteiger partial charge in [-0.05, 0) is 37.0 Å². The zero-order chi connectivity index (χ0) is 18.8. The number of benzene rings is 2. The van der Waals surface area contributed by atoms with Crippen molar-refractivity contribution in [1.82, 2.24) is 0 Å². The molecule has 136 valence electrons. The van der Waals surface area contributed by atoms with Crippen molar-refractivity contribution in [1.29, 1.82) is 0 Å². The number of hydrogen-bond acceptors (Lipinski definition) is 2. The number of carbonyl (C=O) groups is 2. The monoisotopic (exact) mass is 357 g/mol. The van der Waals surface area contributed by atoms with Crippen molar-refractivity contribution in [3.8, 4) is 0 Å². The van der Waals surface area contributed by atoms with E-state index in [4.69, 9.17) is 0 Å². The average Bonchev–Trinajstić information content (AvgIpc) is 2.68. The van der Waals surface area contributed by atoms with Crippen LogP contribution in [0.2, 0.25) is 0 Å². The molecule has 0 saturated carbocycles. The van der Waals surface area contributed by atoms with E-state index in [-0.39, 0.29) is 17.6 Å². The molecule has 2 aromatic rings. The predicted molar refractivity (Wildman–Crippen MR) is 108 cm³/mol. The number of allylic oxidation sites excluding steroid dienone is 3. The number of anilines is 1. The van der Waals surface area contributed by atoms with Crippen LogP contribution in [0.5, 0.6) is 0 Å². The summed E-state index contributed by atoms with van der Waals surface area (Å²) < 4.78 is 0. The molecule has 0 bridgehead atoms. The van der Waals surface area contributed by atoms with Crippen LogP contribution in [0, 0.1) is 12.8 Å². The molecular formula is C24H23NO2. The molecule has 27 heavy (non-hydrogen) atoms. The number of nitrogens with zero attached hydrogens (tertiary/aromatic N) is 1. The van der Waals surface area contributed by atoms with Crippen LogP contribution in [0.1, 0.15) is 36.8 Å². The van der Waals surface area contributed by atoms with Crippen molar-refractivity contribution >= 4 is 23.5 Å². The second-order valence-corrected chi connectivity index (χ2v) is 7.23. The van der Waals surface area contributed by atoms with Crippen LogP contribution in [0.15, 0.2) is 71.9 Å². The predicted octanol–water partition coefficient (Wildman–Crippen LogP) is 5.07. The molecule has 1 aliphatic carbocycles. The molecular weight excluding hydrogens is 334 g/mol. The van der Waals surface area contributed by atoms with Crippen LogP contribution in [-0.4, -0.2) is 11.7 Å². The summed E-state index contributed by atoms with van der Waals surface area (Å²) in [7, 11) is 0. The van der Waals surface area contributed by atoms with E-state index in [2.05, 4.69) is 0 Å². The standard InChI is InChI=1S/C24H23NO2/c1-17-8-5-6-11-20(17)25-21-12-7-13-22(26)24(21)19(16-23(25)27)15-14-18-9-3-2-4-10-18/h2-6,8-11,14-15,19H,7,12-13,16H2,1H3/b15-14+. The van der Waals surface area contributed by atoms with Crippen molar-refractivity contribution < 1.29 is 9.59 Å². The highest BCUT2D eigenvalue weighted by Gasteiger charge is 2.38. The van der Waals surface area contributed by atoms with Crippen molar-refractivity contribution in [3.05, 3.63) is 83.1 Å². The Hall–Kier alpha value is -2.94. The van der Waals surface area contributed by atoms with E-state index in [1.165, 1.54) is 0 Å². The summed E-state index contributed by atoms with van der Waals surface area (Å²) in [6, 6.07) is 17.9. The third kappa shape index (κ3) is 3.37. The summed E-state index contributed by atoms with van der Waals surface area (Å²) in [6.07, 6.45) is 6.54. The van der Waals surface area contributed by atoms with Crippen LogP contribution >= 0.6 is 0 Å². The number of amides is 1. The molecule has 0 saturated heterocycles. The van der Waals surface area contributed by atoms with E-state index < -0.39 is 0 Å². The first-order valence-electron chi connectivity index (χ1n) is 9.53. The number of aryl methyl sites for hydroxylation is 1. The van der Waals surface area contributed by atoms with Gasteiger partial charge in [-0.1, -0.05) is 60.7 Å². The summed E-state index contributed by atoms with van der Waals surface area (Å²) in [5, 5.41) is 0. The maximum absolute atomic E-state index is 13.1. The minimum atomic E-state index is -0.138. The lowest BCUT2D eigenvalue weighted by molar-refractivity contribution is -0.120. The first-order chi connectivity index (χ1) is 13.1. The van der Waals surface area contributed by atoms with Gasteiger partial charge in [0.2, 0.25) is 5.91 Å². The molecule has 3 heteroatoms. The van der Waals surface area contributed by atoms with E-state index in [0.717, 1.165) is 40.9 Å². The van der Waals surface area contributed by atoms with Gasteiger partial charge in [0.05, 0.1) is 5.69 Å². The topological polar surface area (TPSA) is 37.4 Å². The van der Waals surface area contributed by atoms with Gasteiger partial charge in [-0.3, -0.25) is 14.5 Å². The number of para-hydroxylation sites is 1. The Balaban J connectivity index is 1.77.